The van der Waals surface area contributed by atoms with Gasteiger partial charge in [-0.3, -0.25) is 9.59 Å². The third kappa shape index (κ3) is 6.16. The predicted octanol–water partition coefficient (Wildman–Crippen LogP) is 2.73. The van der Waals surface area contributed by atoms with Gasteiger partial charge in [-0.05, 0) is 30.5 Å². The van der Waals surface area contributed by atoms with Crippen LogP contribution in [0.25, 0.3) is 0 Å². The molecule has 0 unspecified atom stereocenters. The molecule has 5 heteroatoms. The first-order chi connectivity index (χ1) is 10.3. The van der Waals surface area contributed by atoms with Crippen molar-refractivity contribution in [3.05, 3.63) is 29.8 Å². The largest absolute Gasteiger partial charge is 0.497 e. The zero-order chi connectivity index (χ0) is 16.6. The highest BCUT2D eigenvalue weighted by atomic mass is 16.5. The van der Waals surface area contributed by atoms with Gasteiger partial charge in [-0.15, -0.1) is 0 Å². The van der Waals surface area contributed by atoms with Gasteiger partial charge in [0.15, 0.2) is 0 Å². The van der Waals surface area contributed by atoms with Crippen LogP contribution in [-0.4, -0.2) is 30.6 Å². The van der Waals surface area contributed by atoms with E-state index in [0.717, 1.165) is 11.3 Å². The van der Waals surface area contributed by atoms with Crippen LogP contribution in [0, 0.1) is 0 Å². The molecule has 0 aliphatic rings. The summed E-state index contributed by atoms with van der Waals surface area (Å²) in [5.74, 6) is -0.0634. The normalized spacial score (nSPS) is 11.0. The topological polar surface area (TPSA) is 75.6 Å². The monoisotopic (exact) mass is 307 g/mol. The second-order valence-corrected chi connectivity index (χ2v) is 5.99. The Bertz CT molecular complexity index is 511. The zero-order valence-electron chi connectivity index (χ0n) is 13.5. The van der Waals surface area contributed by atoms with E-state index in [0.29, 0.717) is 25.8 Å². The maximum Gasteiger partial charge on any atom is 0.303 e. The number of nitrogens with one attached hydrogen (secondary N) is 1. The fraction of sp³-hybridized carbons (Fsp3) is 0.529. The van der Waals surface area contributed by atoms with Gasteiger partial charge in [0.05, 0.1) is 7.11 Å². The van der Waals surface area contributed by atoms with Gasteiger partial charge in [-0.2, -0.15) is 0 Å². The minimum Gasteiger partial charge on any atom is -0.497 e. The molecule has 0 saturated heterocycles. The molecule has 122 valence electrons. The summed E-state index contributed by atoms with van der Waals surface area (Å²) in [4.78, 5) is 22.2. The molecule has 0 saturated carbocycles. The van der Waals surface area contributed by atoms with E-state index in [1.165, 1.54) is 0 Å². The highest BCUT2D eigenvalue weighted by Gasteiger charge is 2.21. The Balaban J connectivity index is 2.44. The van der Waals surface area contributed by atoms with Crippen LogP contribution in [0.3, 0.4) is 0 Å². The number of benzene rings is 1. The lowest BCUT2D eigenvalue weighted by molar-refractivity contribution is -0.137. The summed E-state index contributed by atoms with van der Waals surface area (Å²) in [6, 6.07) is 7.81. The van der Waals surface area contributed by atoms with Crippen LogP contribution >= 0.6 is 0 Å². The van der Waals surface area contributed by atoms with Gasteiger partial charge in [0, 0.05) is 24.8 Å². The average molecular weight is 307 g/mol. The average Bonchev–Trinajstić information content (AvgIpc) is 2.49. The molecule has 0 aliphatic carbocycles. The van der Waals surface area contributed by atoms with Gasteiger partial charge in [-0.1, -0.05) is 26.0 Å². The number of carboxylic acids is 1. The molecule has 0 aliphatic heterocycles. The van der Waals surface area contributed by atoms with Crippen molar-refractivity contribution in [1.82, 2.24) is 5.32 Å². The molecule has 0 radical (unpaired) electrons. The third-order valence-electron chi connectivity index (χ3n) is 3.62. The number of amides is 1. The highest BCUT2D eigenvalue weighted by molar-refractivity contribution is 5.76. The summed E-state index contributed by atoms with van der Waals surface area (Å²) in [5, 5.41) is 11.5. The molecule has 5 nitrogen and oxygen atoms in total. The quantitative estimate of drug-likeness (QED) is 0.688. The molecule has 1 aromatic carbocycles. The molecular weight excluding hydrogens is 282 g/mol. The van der Waals surface area contributed by atoms with E-state index in [9.17, 15) is 9.59 Å². The number of carbonyl (C=O) groups is 2. The van der Waals surface area contributed by atoms with E-state index < -0.39 is 5.97 Å². The molecule has 0 bridgehead atoms. The molecule has 0 heterocycles. The van der Waals surface area contributed by atoms with E-state index in [2.05, 4.69) is 19.2 Å². The SMILES string of the molecule is COc1cccc(C(C)(C)CNC(=O)CCCCC(=O)O)c1. The molecule has 0 spiro atoms. The second kappa shape index (κ2) is 8.41. The molecule has 0 atom stereocenters. The fourth-order valence-electron chi connectivity index (χ4n) is 2.12. The lowest BCUT2D eigenvalue weighted by Crippen LogP contribution is -2.36. The minimum atomic E-state index is -0.820. The Morgan fingerprint density at radius 1 is 1.23 bits per heavy atom. The van der Waals surface area contributed by atoms with E-state index >= 15 is 0 Å². The molecule has 2 N–H and O–H groups in total. The molecule has 1 aromatic rings. The Labute approximate surface area is 131 Å². The number of ether oxygens (including phenoxy) is 1. The maximum absolute atomic E-state index is 11.8. The first-order valence-electron chi connectivity index (χ1n) is 7.48. The van der Waals surface area contributed by atoms with Crippen LogP contribution in [0.1, 0.15) is 45.1 Å². The Kier molecular flexibility index (Phi) is 6.89. The number of carbonyl (C=O) groups excluding carboxylic acids is 1. The summed E-state index contributed by atoms with van der Waals surface area (Å²) >= 11 is 0. The number of unbranched alkanes of at least 4 members (excludes halogenated alkanes) is 1. The van der Waals surface area contributed by atoms with Gasteiger partial charge in [0.1, 0.15) is 5.75 Å². The van der Waals surface area contributed by atoms with Crippen LogP contribution in [0.2, 0.25) is 0 Å². The van der Waals surface area contributed by atoms with Crippen molar-refractivity contribution in [3.63, 3.8) is 0 Å². The van der Waals surface area contributed by atoms with Crippen molar-refractivity contribution >= 4 is 11.9 Å². The first kappa shape index (κ1) is 18.0. The van der Waals surface area contributed by atoms with Crippen molar-refractivity contribution in [3.8, 4) is 5.75 Å². The molecule has 1 rings (SSSR count). The first-order valence-corrected chi connectivity index (χ1v) is 7.48. The zero-order valence-corrected chi connectivity index (χ0v) is 13.5. The van der Waals surface area contributed by atoms with E-state index in [1.807, 2.05) is 24.3 Å². The summed E-state index contributed by atoms with van der Waals surface area (Å²) in [6.07, 6.45) is 1.60. The predicted molar refractivity (Wildman–Crippen MR) is 85.1 cm³/mol. The standard InChI is InChI=1S/C17H25NO4/c1-17(2,13-7-6-8-14(11-13)22-3)12-18-15(19)9-4-5-10-16(20)21/h6-8,11H,4-5,9-10,12H2,1-3H3,(H,18,19)(H,20,21). The van der Waals surface area contributed by atoms with Crippen molar-refractivity contribution in [2.75, 3.05) is 13.7 Å². The van der Waals surface area contributed by atoms with Crippen LogP contribution in [0.5, 0.6) is 5.75 Å². The van der Waals surface area contributed by atoms with Crippen LogP contribution in [0.4, 0.5) is 0 Å². The summed E-state index contributed by atoms with van der Waals surface area (Å²) < 4.78 is 5.23. The van der Waals surface area contributed by atoms with Crippen molar-refractivity contribution < 1.29 is 19.4 Å². The number of methoxy groups -OCH3 is 1. The molecule has 22 heavy (non-hydrogen) atoms. The van der Waals surface area contributed by atoms with Gasteiger partial charge < -0.3 is 15.2 Å². The number of aliphatic carboxylic acids is 1. The molecule has 1 amide bonds. The highest BCUT2D eigenvalue weighted by Crippen LogP contribution is 2.25. The Morgan fingerprint density at radius 3 is 2.55 bits per heavy atom. The lowest BCUT2D eigenvalue weighted by atomic mass is 9.84. The Hall–Kier alpha value is -2.04. The number of carboxylic acid groups (broad SMARTS) is 1. The maximum atomic E-state index is 11.8. The van der Waals surface area contributed by atoms with Gasteiger partial charge in [0.2, 0.25) is 5.91 Å². The van der Waals surface area contributed by atoms with Gasteiger partial charge in [-0.25, -0.2) is 0 Å². The van der Waals surface area contributed by atoms with E-state index in [-0.39, 0.29) is 17.7 Å². The molecule has 0 fully saturated rings. The van der Waals surface area contributed by atoms with Crippen molar-refractivity contribution in [2.45, 2.75) is 44.9 Å². The summed E-state index contributed by atoms with van der Waals surface area (Å²) in [7, 11) is 1.63. The number of rotatable bonds is 9. The lowest BCUT2D eigenvalue weighted by Gasteiger charge is -2.26. The fourth-order valence-corrected chi connectivity index (χ4v) is 2.12. The second-order valence-electron chi connectivity index (χ2n) is 5.99. The third-order valence-corrected chi connectivity index (χ3v) is 3.62. The summed E-state index contributed by atoms with van der Waals surface area (Å²) in [6.45, 7) is 4.65. The smallest absolute Gasteiger partial charge is 0.303 e. The van der Waals surface area contributed by atoms with E-state index in [1.54, 1.807) is 7.11 Å². The molecule has 0 aromatic heterocycles. The van der Waals surface area contributed by atoms with Crippen LogP contribution in [0.15, 0.2) is 24.3 Å². The van der Waals surface area contributed by atoms with Crippen LogP contribution in [-0.2, 0) is 15.0 Å². The van der Waals surface area contributed by atoms with Gasteiger partial charge >= 0.3 is 5.97 Å². The number of hydrogen-bond donors (Lipinski definition) is 2. The Morgan fingerprint density at radius 2 is 1.91 bits per heavy atom. The number of hydrogen-bond acceptors (Lipinski definition) is 3. The van der Waals surface area contributed by atoms with Crippen molar-refractivity contribution in [1.29, 1.82) is 0 Å². The van der Waals surface area contributed by atoms with E-state index in [4.69, 9.17) is 9.84 Å². The van der Waals surface area contributed by atoms with Gasteiger partial charge in [0.25, 0.3) is 0 Å². The molecular formula is C17H25NO4. The minimum absolute atomic E-state index is 0.0404. The van der Waals surface area contributed by atoms with Crippen molar-refractivity contribution in [2.24, 2.45) is 0 Å². The van der Waals surface area contributed by atoms with Crippen LogP contribution < -0.4 is 10.1 Å². The summed E-state index contributed by atoms with van der Waals surface area (Å²) in [5.41, 5.74) is 0.892.